The summed E-state index contributed by atoms with van der Waals surface area (Å²) in [5.74, 6) is -0.632. The molecule has 2 N–H and O–H groups in total. The number of methoxy groups -OCH3 is 1. The van der Waals surface area contributed by atoms with E-state index in [1.165, 1.54) is 13.2 Å². The van der Waals surface area contributed by atoms with E-state index in [9.17, 15) is 19.8 Å². The van der Waals surface area contributed by atoms with Gasteiger partial charge in [-0.2, -0.15) is 0 Å². The maximum Gasteiger partial charge on any atom is 0.228 e. The summed E-state index contributed by atoms with van der Waals surface area (Å²) in [6.45, 7) is 8.69. The first-order valence-corrected chi connectivity index (χ1v) is 9.23. The largest absolute Gasteiger partial charge is 0.507 e. The number of fused-ring (bicyclic) bond motifs is 3. The molecule has 1 aliphatic carbocycles. The molecule has 150 valence electrons. The highest BCUT2D eigenvalue weighted by molar-refractivity contribution is 6.27. The van der Waals surface area contributed by atoms with Crippen LogP contribution in [-0.4, -0.2) is 40.6 Å². The Kier molecular flexibility index (Phi) is 4.66. The number of carbonyl (C=O) groups excluding carboxylic acids is 2. The van der Waals surface area contributed by atoms with Crippen LogP contribution in [0.3, 0.4) is 0 Å². The molecule has 0 amide bonds. The van der Waals surface area contributed by atoms with Gasteiger partial charge in [-0.05, 0) is 40.2 Å². The minimum Gasteiger partial charge on any atom is -0.507 e. The Labute approximate surface area is 164 Å². The summed E-state index contributed by atoms with van der Waals surface area (Å²) in [6, 6.07) is 1.33. The number of ketones is 2. The van der Waals surface area contributed by atoms with Crippen LogP contribution in [0, 0.1) is 0 Å². The van der Waals surface area contributed by atoms with Gasteiger partial charge in [0, 0.05) is 22.1 Å². The van der Waals surface area contributed by atoms with Crippen LogP contribution < -0.4 is 4.74 Å². The third-order valence-electron chi connectivity index (χ3n) is 5.65. The number of benzene rings is 1. The molecule has 0 bridgehead atoms. The zero-order valence-corrected chi connectivity index (χ0v) is 17.0. The molecule has 0 fully saturated rings. The van der Waals surface area contributed by atoms with E-state index < -0.39 is 16.8 Å². The highest BCUT2D eigenvalue weighted by Gasteiger charge is 2.48. The molecule has 0 unspecified atom stereocenters. The van der Waals surface area contributed by atoms with E-state index in [1.807, 2.05) is 19.9 Å². The second-order valence-electron chi connectivity index (χ2n) is 8.28. The van der Waals surface area contributed by atoms with Crippen LogP contribution in [-0.2, 0) is 10.2 Å². The van der Waals surface area contributed by atoms with Gasteiger partial charge in [0.25, 0.3) is 0 Å². The van der Waals surface area contributed by atoms with Gasteiger partial charge >= 0.3 is 0 Å². The van der Waals surface area contributed by atoms with E-state index in [0.717, 1.165) is 0 Å². The van der Waals surface area contributed by atoms with Crippen molar-refractivity contribution in [1.82, 2.24) is 0 Å². The number of allylic oxidation sites excluding steroid dienone is 3. The van der Waals surface area contributed by atoms with Crippen molar-refractivity contribution in [3.8, 4) is 11.5 Å². The molecular formula is C22H26O6. The summed E-state index contributed by atoms with van der Waals surface area (Å²) in [4.78, 5) is 25.7. The fourth-order valence-electron chi connectivity index (χ4n) is 3.92. The summed E-state index contributed by atoms with van der Waals surface area (Å²) in [6.07, 6.45) is 3.67. The maximum absolute atomic E-state index is 13.0. The van der Waals surface area contributed by atoms with Gasteiger partial charge in [0.2, 0.25) is 5.78 Å². The van der Waals surface area contributed by atoms with E-state index in [0.29, 0.717) is 12.0 Å². The van der Waals surface area contributed by atoms with Crippen LogP contribution in [0.2, 0.25) is 0 Å². The summed E-state index contributed by atoms with van der Waals surface area (Å²) in [5, 5.41) is 20.7. The zero-order valence-electron chi connectivity index (χ0n) is 17.0. The lowest BCUT2D eigenvalue weighted by Gasteiger charge is -2.28. The van der Waals surface area contributed by atoms with Gasteiger partial charge in [-0.1, -0.05) is 19.1 Å². The topological polar surface area (TPSA) is 93.1 Å². The first-order valence-electron chi connectivity index (χ1n) is 9.23. The number of carbonyl (C=O) groups is 2. The number of aromatic hydroxyl groups is 1. The van der Waals surface area contributed by atoms with Crippen LogP contribution >= 0.6 is 0 Å². The number of rotatable bonds is 4. The number of Topliss-reactive ketones (excluding diaryl/α,β-unsaturated/α-hetero) is 2. The Morgan fingerprint density at radius 2 is 1.96 bits per heavy atom. The molecule has 1 aromatic rings. The molecule has 0 saturated heterocycles. The van der Waals surface area contributed by atoms with Crippen LogP contribution in [0.1, 0.15) is 67.3 Å². The lowest BCUT2D eigenvalue weighted by atomic mass is 9.74. The molecule has 1 aromatic carbocycles. The van der Waals surface area contributed by atoms with E-state index in [4.69, 9.17) is 9.47 Å². The normalized spacial score (nSPS) is 24.5. The van der Waals surface area contributed by atoms with Gasteiger partial charge in [-0.25, -0.2) is 0 Å². The quantitative estimate of drug-likeness (QED) is 0.770. The predicted molar refractivity (Wildman–Crippen MR) is 104 cm³/mol. The van der Waals surface area contributed by atoms with Crippen molar-refractivity contribution in [3.63, 3.8) is 0 Å². The Morgan fingerprint density at radius 3 is 2.54 bits per heavy atom. The lowest BCUT2D eigenvalue weighted by molar-refractivity contribution is 0.0902. The smallest absolute Gasteiger partial charge is 0.228 e. The van der Waals surface area contributed by atoms with E-state index >= 15 is 0 Å². The molecule has 0 saturated carbocycles. The molecule has 3 rings (SSSR count). The number of ether oxygens (including phenoxy) is 2. The second-order valence-corrected chi connectivity index (χ2v) is 8.28. The van der Waals surface area contributed by atoms with Crippen LogP contribution in [0.5, 0.6) is 11.5 Å². The number of hydrogen-bond acceptors (Lipinski definition) is 6. The van der Waals surface area contributed by atoms with Crippen molar-refractivity contribution >= 4 is 11.6 Å². The Balaban J connectivity index is 2.17. The molecule has 2 atom stereocenters. The van der Waals surface area contributed by atoms with Gasteiger partial charge in [-0.3, -0.25) is 9.59 Å². The van der Waals surface area contributed by atoms with Crippen molar-refractivity contribution in [2.75, 3.05) is 7.11 Å². The Bertz CT molecular complexity index is 931. The standard InChI is InChI=1S/C22H26O6/c1-11-17(24)15-13(18(25)19(11)27-6)10-14(23)16-20(15)28-12(2)22(16,5)9-7-8-21(3,4)26/h7-8,10,12,23,26H,9H2,1-6H3/b8-7+/t12-,22-/m0/s1. The molecular weight excluding hydrogens is 360 g/mol. The van der Waals surface area contributed by atoms with Crippen molar-refractivity contribution in [1.29, 1.82) is 0 Å². The maximum atomic E-state index is 13.0. The Hall–Kier alpha value is -2.60. The fourth-order valence-corrected chi connectivity index (χ4v) is 3.92. The van der Waals surface area contributed by atoms with Gasteiger partial charge < -0.3 is 19.7 Å². The van der Waals surface area contributed by atoms with Crippen molar-refractivity contribution in [2.24, 2.45) is 0 Å². The third kappa shape index (κ3) is 2.92. The number of phenols is 1. The minimum absolute atomic E-state index is 0.0150. The van der Waals surface area contributed by atoms with Crippen LogP contribution in [0.25, 0.3) is 0 Å². The third-order valence-corrected chi connectivity index (χ3v) is 5.65. The van der Waals surface area contributed by atoms with Crippen LogP contribution in [0.15, 0.2) is 29.6 Å². The summed E-state index contributed by atoms with van der Waals surface area (Å²) < 4.78 is 11.1. The molecule has 6 heteroatoms. The van der Waals surface area contributed by atoms with Crippen molar-refractivity contribution < 1.29 is 29.3 Å². The van der Waals surface area contributed by atoms with Crippen LogP contribution in [0.4, 0.5) is 0 Å². The highest BCUT2D eigenvalue weighted by Crippen LogP contribution is 2.53. The SMILES string of the molecule is COC1=C(C)C(=O)c2c(cc(O)c3c2O[C@@H](C)[C@]3(C)C/C=C/C(C)(C)O)C1=O. The van der Waals surface area contributed by atoms with E-state index in [-0.39, 0.29) is 45.8 Å². The monoisotopic (exact) mass is 386 g/mol. The predicted octanol–water partition coefficient (Wildman–Crippen LogP) is 3.45. The van der Waals surface area contributed by atoms with Gasteiger partial charge in [0.1, 0.15) is 17.6 Å². The minimum atomic E-state index is -0.958. The zero-order chi connectivity index (χ0) is 21.0. The lowest BCUT2D eigenvalue weighted by Crippen LogP contribution is -2.32. The molecule has 0 aromatic heterocycles. The first kappa shape index (κ1) is 20.1. The Morgan fingerprint density at radius 1 is 1.32 bits per heavy atom. The van der Waals surface area contributed by atoms with E-state index in [2.05, 4.69) is 0 Å². The second kappa shape index (κ2) is 6.48. The molecule has 1 aliphatic heterocycles. The number of hydrogen-bond donors (Lipinski definition) is 2. The molecule has 0 spiro atoms. The van der Waals surface area contributed by atoms with Crippen molar-refractivity contribution in [2.45, 2.75) is 58.2 Å². The molecule has 0 radical (unpaired) electrons. The van der Waals surface area contributed by atoms with Gasteiger partial charge in [0.15, 0.2) is 11.5 Å². The molecule has 6 nitrogen and oxygen atoms in total. The van der Waals surface area contributed by atoms with Gasteiger partial charge in [0.05, 0.1) is 18.3 Å². The summed E-state index contributed by atoms with van der Waals surface area (Å²) in [5.41, 5.74) is -0.585. The molecule has 28 heavy (non-hydrogen) atoms. The fraction of sp³-hybridized carbons (Fsp3) is 0.455. The van der Waals surface area contributed by atoms with Gasteiger partial charge in [-0.15, -0.1) is 0 Å². The average molecular weight is 386 g/mol. The number of phenolic OH excluding ortho intramolecular Hbond substituents is 1. The highest BCUT2D eigenvalue weighted by atomic mass is 16.5. The number of aliphatic hydroxyl groups is 1. The summed E-state index contributed by atoms with van der Waals surface area (Å²) in [7, 11) is 1.34. The molecule has 2 aliphatic rings. The average Bonchev–Trinajstić information content (AvgIpc) is 2.84. The first-order chi connectivity index (χ1) is 12.9. The van der Waals surface area contributed by atoms with Crippen molar-refractivity contribution in [3.05, 3.63) is 46.2 Å². The molecule has 1 heterocycles. The summed E-state index contributed by atoms with van der Waals surface area (Å²) >= 11 is 0. The van der Waals surface area contributed by atoms with E-state index in [1.54, 1.807) is 26.8 Å².